The van der Waals surface area contributed by atoms with Gasteiger partial charge in [0.25, 0.3) is 5.91 Å². The van der Waals surface area contributed by atoms with Gasteiger partial charge >= 0.3 is 0 Å². The fourth-order valence-electron chi connectivity index (χ4n) is 2.59. The summed E-state index contributed by atoms with van der Waals surface area (Å²) in [5, 5.41) is 0. The number of amides is 1. The highest BCUT2D eigenvalue weighted by Gasteiger charge is 2.28. The van der Waals surface area contributed by atoms with E-state index in [4.69, 9.17) is 4.42 Å². The van der Waals surface area contributed by atoms with Crippen LogP contribution in [0.25, 0.3) is 0 Å². The minimum Gasteiger partial charge on any atom is -0.457 e. The average Bonchev–Trinajstić information content (AvgIpc) is 2.64. The zero-order chi connectivity index (χ0) is 13.8. The maximum atomic E-state index is 12.6. The van der Waals surface area contributed by atoms with Crippen molar-refractivity contribution in [1.29, 1.82) is 0 Å². The summed E-state index contributed by atoms with van der Waals surface area (Å²) in [6, 6.07) is 1.69. The SMILES string of the molecule is CC(=O)CC1CCCCCN1C(=O)c1ccoc1Br. The van der Waals surface area contributed by atoms with Crippen LogP contribution in [0.1, 0.15) is 49.4 Å². The molecule has 1 aliphatic rings. The molecule has 0 spiro atoms. The van der Waals surface area contributed by atoms with Gasteiger partial charge in [-0.05, 0) is 41.8 Å². The van der Waals surface area contributed by atoms with E-state index in [1.54, 1.807) is 13.0 Å². The van der Waals surface area contributed by atoms with E-state index in [0.29, 0.717) is 23.2 Å². The number of nitrogens with zero attached hydrogens (tertiary/aromatic N) is 1. The number of Topliss-reactive ketones (excluding diaryl/α,β-unsaturated/α-hetero) is 1. The third-order valence-corrected chi connectivity index (χ3v) is 4.12. The molecule has 0 saturated carbocycles. The topological polar surface area (TPSA) is 50.5 Å². The lowest BCUT2D eigenvalue weighted by Gasteiger charge is -2.29. The van der Waals surface area contributed by atoms with Crippen LogP contribution in [0.4, 0.5) is 0 Å². The Kier molecular flexibility index (Phi) is 4.80. The van der Waals surface area contributed by atoms with E-state index in [-0.39, 0.29) is 17.7 Å². The van der Waals surface area contributed by atoms with Crippen LogP contribution in [0.5, 0.6) is 0 Å². The molecule has 1 saturated heterocycles. The number of carbonyl (C=O) groups is 2. The van der Waals surface area contributed by atoms with E-state index in [1.165, 1.54) is 6.26 Å². The van der Waals surface area contributed by atoms with Gasteiger partial charge in [-0.2, -0.15) is 0 Å². The van der Waals surface area contributed by atoms with Crippen molar-refractivity contribution in [3.8, 4) is 0 Å². The van der Waals surface area contributed by atoms with Gasteiger partial charge in [-0.1, -0.05) is 12.8 Å². The van der Waals surface area contributed by atoms with Crippen molar-refractivity contribution < 1.29 is 14.0 Å². The molecule has 1 unspecified atom stereocenters. The van der Waals surface area contributed by atoms with Crippen molar-refractivity contribution in [2.45, 2.75) is 45.1 Å². The molecule has 0 radical (unpaired) electrons. The standard InChI is InChI=1S/C14H18BrNO3/c1-10(17)9-11-5-3-2-4-7-16(11)14(18)12-6-8-19-13(12)15/h6,8,11H,2-5,7,9H2,1H3. The normalized spacial score (nSPS) is 20.1. The zero-order valence-electron chi connectivity index (χ0n) is 11.0. The second kappa shape index (κ2) is 6.37. The van der Waals surface area contributed by atoms with E-state index in [9.17, 15) is 9.59 Å². The number of carbonyl (C=O) groups excluding carboxylic acids is 2. The van der Waals surface area contributed by atoms with Gasteiger partial charge in [0.2, 0.25) is 0 Å². The Morgan fingerprint density at radius 2 is 2.21 bits per heavy atom. The molecule has 5 heteroatoms. The van der Waals surface area contributed by atoms with E-state index in [1.807, 2.05) is 4.90 Å². The Morgan fingerprint density at radius 3 is 2.84 bits per heavy atom. The molecule has 19 heavy (non-hydrogen) atoms. The van der Waals surface area contributed by atoms with E-state index in [0.717, 1.165) is 25.7 Å². The van der Waals surface area contributed by atoms with E-state index < -0.39 is 0 Å². The summed E-state index contributed by atoms with van der Waals surface area (Å²) in [6.45, 7) is 2.30. The van der Waals surface area contributed by atoms with Crippen LogP contribution in [0, 0.1) is 0 Å². The molecule has 4 nitrogen and oxygen atoms in total. The highest BCUT2D eigenvalue weighted by Crippen LogP contribution is 2.25. The van der Waals surface area contributed by atoms with Crippen molar-refractivity contribution in [3.63, 3.8) is 0 Å². The molecule has 2 heterocycles. The molecule has 0 N–H and O–H groups in total. The predicted octanol–water partition coefficient (Wildman–Crippen LogP) is 3.41. The smallest absolute Gasteiger partial charge is 0.258 e. The fraction of sp³-hybridized carbons (Fsp3) is 0.571. The number of rotatable bonds is 3. The number of hydrogen-bond acceptors (Lipinski definition) is 3. The lowest BCUT2D eigenvalue weighted by molar-refractivity contribution is -0.118. The molecular formula is C14H18BrNO3. The van der Waals surface area contributed by atoms with E-state index >= 15 is 0 Å². The summed E-state index contributed by atoms with van der Waals surface area (Å²) >= 11 is 3.24. The minimum atomic E-state index is -0.0474. The number of furan rings is 1. The van der Waals surface area contributed by atoms with Gasteiger partial charge < -0.3 is 9.32 Å². The molecule has 1 fully saturated rings. The molecule has 104 valence electrons. The summed E-state index contributed by atoms with van der Waals surface area (Å²) in [6.07, 6.45) is 6.03. The molecule has 2 rings (SSSR count). The quantitative estimate of drug-likeness (QED) is 0.854. The predicted molar refractivity (Wildman–Crippen MR) is 75.0 cm³/mol. The van der Waals surface area contributed by atoms with Gasteiger partial charge in [0.05, 0.1) is 11.8 Å². The van der Waals surface area contributed by atoms with Gasteiger partial charge in [-0.25, -0.2) is 0 Å². The van der Waals surface area contributed by atoms with Crippen molar-refractivity contribution >= 4 is 27.6 Å². The van der Waals surface area contributed by atoms with Crippen LogP contribution in [0.15, 0.2) is 21.4 Å². The summed E-state index contributed by atoms with van der Waals surface area (Å²) in [4.78, 5) is 25.8. The van der Waals surface area contributed by atoms with E-state index in [2.05, 4.69) is 15.9 Å². The van der Waals surface area contributed by atoms with Crippen molar-refractivity contribution in [3.05, 3.63) is 22.6 Å². The first kappa shape index (κ1) is 14.3. The summed E-state index contributed by atoms with van der Waals surface area (Å²) in [7, 11) is 0. The van der Waals surface area contributed by atoms with Crippen LogP contribution in [-0.4, -0.2) is 29.2 Å². The van der Waals surface area contributed by atoms with Crippen LogP contribution in [0.3, 0.4) is 0 Å². The Bertz CT molecular complexity index is 469. The first-order valence-electron chi connectivity index (χ1n) is 6.63. The Labute approximate surface area is 121 Å². The maximum absolute atomic E-state index is 12.6. The number of likely N-dealkylation sites (tertiary alicyclic amines) is 1. The lowest BCUT2D eigenvalue weighted by atomic mass is 10.0. The molecule has 1 aromatic heterocycles. The Morgan fingerprint density at radius 1 is 1.42 bits per heavy atom. The first-order valence-corrected chi connectivity index (χ1v) is 7.42. The first-order chi connectivity index (χ1) is 9.09. The molecule has 0 aliphatic carbocycles. The van der Waals surface area contributed by atoms with Gasteiger partial charge in [-0.15, -0.1) is 0 Å². The average molecular weight is 328 g/mol. The maximum Gasteiger partial charge on any atom is 0.258 e. The summed E-state index contributed by atoms with van der Waals surface area (Å²) in [5.74, 6) is 0.0877. The minimum absolute atomic E-state index is 0.0225. The lowest BCUT2D eigenvalue weighted by Crippen LogP contribution is -2.41. The van der Waals surface area contributed by atoms with Gasteiger partial charge in [-0.3, -0.25) is 9.59 Å². The van der Waals surface area contributed by atoms with Crippen molar-refractivity contribution in [2.24, 2.45) is 0 Å². The molecule has 0 aromatic carbocycles. The third kappa shape index (κ3) is 3.47. The van der Waals surface area contributed by atoms with Crippen molar-refractivity contribution in [1.82, 2.24) is 4.90 Å². The second-order valence-corrected chi connectivity index (χ2v) is 5.74. The van der Waals surface area contributed by atoms with Gasteiger partial charge in [0, 0.05) is 19.0 Å². The monoisotopic (exact) mass is 327 g/mol. The van der Waals surface area contributed by atoms with Crippen molar-refractivity contribution in [2.75, 3.05) is 6.54 Å². The van der Waals surface area contributed by atoms with Crippen LogP contribution >= 0.6 is 15.9 Å². The van der Waals surface area contributed by atoms with Gasteiger partial charge in [0.1, 0.15) is 5.78 Å². The number of hydrogen-bond donors (Lipinski definition) is 0. The molecule has 1 aromatic rings. The van der Waals surface area contributed by atoms with Crippen LogP contribution in [0.2, 0.25) is 0 Å². The fourth-order valence-corrected chi connectivity index (χ4v) is 3.00. The molecule has 1 atom stereocenters. The third-order valence-electron chi connectivity index (χ3n) is 3.51. The summed E-state index contributed by atoms with van der Waals surface area (Å²) in [5.41, 5.74) is 0.537. The Balaban J connectivity index is 2.20. The number of halogens is 1. The highest BCUT2D eigenvalue weighted by molar-refractivity contribution is 9.10. The zero-order valence-corrected chi connectivity index (χ0v) is 12.6. The van der Waals surface area contributed by atoms with Crippen LogP contribution < -0.4 is 0 Å². The van der Waals surface area contributed by atoms with Gasteiger partial charge in [0.15, 0.2) is 4.67 Å². The molecule has 1 amide bonds. The highest BCUT2D eigenvalue weighted by atomic mass is 79.9. The number of ketones is 1. The van der Waals surface area contributed by atoms with Crippen LogP contribution in [-0.2, 0) is 4.79 Å². The second-order valence-electron chi connectivity index (χ2n) is 5.02. The molecule has 1 aliphatic heterocycles. The molecule has 0 bridgehead atoms. The molecular weight excluding hydrogens is 310 g/mol. The summed E-state index contributed by atoms with van der Waals surface area (Å²) < 4.78 is 5.59. The Hall–Kier alpha value is -1.10. The largest absolute Gasteiger partial charge is 0.457 e.